The lowest BCUT2D eigenvalue weighted by Crippen LogP contribution is -1.98. The number of carbonyl (C=O) groups is 2. The van der Waals surface area contributed by atoms with E-state index in [4.69, 9.17) is 10.2 Å². The zero-order valence-corrected chi connectivity index (χ0v) is 10.8. The van der Waals surface area contributed by atoms with Crippen LogP contribution in [-0.4, -0.2) is 27.9 Å². The van der Waals surface area contributed by atoms with Crippen LogP contribution in [0.3, 0.4) is 0 Å². The van der Waals surface area contributed by atoms with Crippen LogP contribution >= 0.6 is 11.8 Å². The van der Waals surface area contributed by atoms with Gasteiger partial charge in [-0.15, -0.1) is 11.8 Å². The van der Waals surface area contributed by atoms with Crippen molar-refractivity contribution in [1.82, 2.24) is 0 Å². The molecule has 18 heavy (non-hydrogen) atoms. The number of aliphatic carboxylic acids is 1. The van der Waals surface area contributed by atoms with Crippen molar-refractivity contribution in [2.24, 2.45) is 0 Å². The highest BCUT2D eigenvalue weighted by Crippen LogP contribution is 2.23. The summed E-state index contributed by atoms with van der Waals surface area (Å²) in [7, 11) is 0. The third-order valence-electron chi connectivity index (χ3n) is 2.41. The molecule has 0 saturated heterocycles. The molecule has 98 valence electrons. The molecule has 5 heteroatoms. The van der Waals surface area contributed by atoms with Gasteiger partial charge in [0.05, 0.1) is 5.56 Å². The molecule has 0 aliphatic carbocycles. The Morgan fingerprint density at radius 2 is 1.78 bits per heavy atom. The fourth-order valence-electron chi connectivity index (χ4n) is 1.51. The minimum absolute atomic E-state index is 0.205. The molecule has 4 nitrogen and oxygen atoms in total. The Labute approximate surface area is 110 Å². The van der Waals surface area contributed by atoms with Gasteiger partial charge in [-0.3, -0.25) is 4.79 Å². The Balaban J connectivity index is 2.31. The Morgan fingerprint density at radius 1 is 1.06 bits per heavy atom. The summed E-state index contributed by atoms with van der Waals surface area (Å²) in [6.07, 6.45) is 2.63. The van der Waals surface area contributed by atoms with E-state index in [0.717, 1.165) is 23.5 Å². The molecule has 2 N–H and O–H groups in total. The average molecular weight is 268 g/mol. The second kappa shape index (κ2) is 7.76. The summed E-state index contributed by atoms with van der Waals surface area (Å²) in [5.74, 6) is -0.868. The number of unbranched alkanes of at least 4 members (excludes halogenated alkanes) is 2. The lowest BCUT2D eigenvalue weighted by Gasteiger charge is -2.05. The van der Waals surface area contributed by atoms with E-state index in [1.807, 2.05) is 6.07 Å². The van der Waals surface area contributed by atoms with Crippen LogP contribution in [0.25, 0.3) is 0 Å². The second-order valence-electron chi connectivity index (χ2n) is 3.85. The number of carboxylic acids is 2. The van der Waals surface area contributed by atoms with Crippen molar-refractivity contribution in [3.8, 4) is 0 Å². The van der Waals surface area contributed by atoms with Gasteiger partial charge in [-0.1, -0.05) is 18.6 Å². The zero-order chi connectivity index (χ0) is 13.4. The van der Waals surface area contributed by atoms with Gasteiger partial charge in [0.1, 0.15) is 0 Å². The minimum Gasteiger partial charge on any atom is -0.481 e. The summed E-state index contributed by atoms with van der Waals surface area (Å²) < 4.78 is 0. The van der Waals surface area contributed by atoms with Crippen molar-refractivity contribution >= 4 is 23.7 Å². The molecule has 1 rings (SSSR count). The largest absolute Gasteiger partial charge is 0.481 e. The summed E-state index contributed by atoms with van der Waals surface area (Å²) in [6.45, 7) is 0. The molecule has 0 aromatic heterocycles. The van der Waals surface area contributed by atoms with Gasteiger partial charge >= 0.3 is 11.9 Å². The van der Waals surface area contributed by atoms with E-state index in [1.54, 1.807) is 18.2 Å². The maximum atomic E-state index is 11.0. The number of carboxylic acid groups (broad SMARTS) is 2. The Hall–Kier alpha value is -1.49. The first kappa shape index (κ1) is 14.6. The highest BCUT2D eigenvalue weighted by molar-refractivity contribution is 7.99. The van der Waals surface area contributed by atoms with E-state index >= 15 is 0 Å². The maximum Gasteiger partial charge on any atom is 0.336 e. The summed E-state index contributed by atoms with van der Waals surface area (Å²) in [4.78, 5) is 22.0. The number of benzene rings is 1. The monoisotopic (exact) mass is 268 g/mol. The molecule has 1 aromatic carbocycles. The van der Waals surface area contributed by atoms with Crippen molar-refractivity contribution < 1.29 is 19.8 Å². The molecule has 0 amide bonds. The van der Waals surface area contributed by atoms with E-state index < -0.39 is 11.9 Å². The van der Waals surface area contributed by atoms with E-state index in [9.17, 15) is 9.59 Å². The van der Waals surface area contributed by atoms with Crippen LogP contribution in [0.4, 0.5) is 0 Å². The normalized spacial score (nSPS) is 10.2. The molecule has 0 bridgehead atoms. The first-order chi connectivity index (χ1) is 8.61. The molecule has 0 spiro atoms. The molecular formula is C13H16O4S. The molecule has 0 aliphatic rings. The van der Waals surface area contributed by atoms with Crippen molar-refractivity contribution in [3.05, 3.63) is 29.8 Å². The van der Waals surface area contributed by atoms with Crippen LogP contribution in [0.5, 0.6) is 0 Å². The second-order valence-corrected chi connectivity index (χ2v) is 4.99. The summed E-state index contributed by atoms with van der Waals surface area (Å²) in [5, 5.41) is 17.5. The molecule has 0 atom stereocenters. The van der Waals surface area contributed by atoms with Crippen LogP contribution in [-0.2, 0) is 4.79 Å². The summed E-state index contributed by atoms with van der Waals surface area (Å²) in [5.41, 5.74) is 0.327. The molecule has 0 aliphatic heterocycles. The quantitative estimate of drug-likeness (QED) is 0.559. The Bertz CT molecular complexity index is 417. The summed E-state index contributed by atoms with van der Waals surface area (Å²) >= 11 is 1.51. The van der Waals surface area contributed by atoms with Gasteiger partial charge in [0, 0.05) is 11.3 Å². The van der Waals surface area contributed by atoms with Crippen LogP contribution < -0.4 is 0 Å². The highest BCUT2D eigenvalue weighted by atomic mass is 32.2. The number of aromatic carboxylic acids is 1. The van der Waals surface area contributed by atoms with Gasteiger partial charge in [0.2, 0.25) is 0 Å². The number of thioether (sulfide) groups is 1. The Kier molecular flexibility index (Phi) is 6.28. The SMILES string of the molecule is O=C(O)CCCCCSc1ccccc1C(=O)O. The van der Waals surface area contributed by atoms with Gasteiger partial charge in [-0.2, -0.15) is 0 Å². The van der Waals surface area contributed by atoms with Crippen molar-refractivity contribution in [2.75, 3.05) is 5.75 Å². The van der Waals surface area contributed by atoms with Crippen molar-refractivity contribution in [2.45, 2.75) is 30.6 Å². The van der Waals surface area contributed by atoms with Crippen LogP contribution in [0.2, 0.25) is 0 Å². The van der Waals surface area contributed by atoms with E-state index in [1.165, 1.54) is 11.8 Å². The van der Waals surface area contributed by atoms with Gasteiger partial charge in [-0.05, 0) is 30.7 Å². The van der Waals surface area contributed by atoms with Gasteiger partial charge in [0.15, 0.2) is 0 Å². The lowest BCUT2D eigenvalue weighted by molar-refractivity contribution is -0.137. The minimum atomic E-state index is -0.913. The van der Waals surface area contributed by atoms with E-state index in [-0.39, 0.29) is 6.42 Å². The molecular weight excluding hydrogens is 252 g/mol. The molecule has 0 radical (unpaired) electrons. The third-order valence-corrected chi connectivity index (χ3v) is 3.57. The smallest absolute Gasteiger partial charge is 0.336 e. The van der Waals surface area contributed by atoms with Crippen molar-refractivity contribution in [3.63, 3.8) is 0 Å². The first-order valence-electron chi connectivity index (χ1n) is 5.78. The summed E-state index contributed by atoms with van der Waals surface area (Å²) in [6, 6.07) is 6.92. The maximum absolute atomic E-state index is 11.0. The molecule has 0 heterocycles. The van der Waals surface area contributed by atoms with Crippen LogP contribution in [0.15, 0.2) is 29.2 Å². The zero-order valence-electron chi connectivity index (χ0n) is 9.96. The van der Waals surface area contributed by atoms with E-state index in [0.29, 0.717) is 12.0 Å². The molecule has 1 aromatic rings. The van der Waals surface area contributed by atoms with Crippen LogP contribution in [0.1, 0.15) is 36.0 Å². The van der Waals surface area contributed by atoms with Crippen molar-refractivity contribution in [1.29, 1.82) is 0 Å². The van der Waals surface area contributed by atoms with Gasteiger partial charge in [0.25, 0.3) is 0 Å². The molecule has 0 unspecified atom stereocenters. The lowest BCUT2D eigenvalue weighted by atomic mass is 10.2. The predicted molar refractivity (Wildman–Crippen MR) is 70.2 cm³/mol. The topological polar surface area (TPSA) is 74.6 Å². The fourth-order valence-corrected chi connectivity index (χ4v) is 2.56. The number of rotatable bonds is 8. The molecule has 0 saturated carbocycles. The van der Waals surface area contributed by atoms with Gasteiger partial charge < -0.3 is 10.2 Å². The highest BCUT2D eigenvalue weighted by Gasteiger charge is 2.08. The number of hydrogen-bond donors (Lipinski definition) is 2. The first-order valence-corrected chi connectivity index (χ1v) is 6.76. The average Bonchev–Trinajstić information content (AvgIpc) is 2.33. The van der Waals surface area contributed by atoms with Crippen LogP contribution in [0, 0.1) is 0 Å². The third kappa shape index (κ3) is 5.23. The molecule has 0 fully saturated rings. The van der Waals surface area contributed by atoms with Gasteiger partial charge in [-0.25, -0.2) is 4.79 Å². The predicted octanol–water partition coefficient (Wildman–Crippen LogP) is 3.12. The fraction of sp³-hybridized carbons (Fsp3) is 0.385. The van der Waals surface area contributed by atoms with E-state index in [2.05, 4.69) is 0 Å². The standard InChI is InChI=1S/C13H16O4S/c14-12(15)8-2-1-5-9-18-11-7-4-3-6-10(11)13(16)17/h3-4,6-7H,1-2,5,8-9H2,(H,14,15)(H,16,17). The number of hydrogen-bond acceptors (Lipinski definition) is 3. The Morgan fingerprint density at radius 3 is 2.44 bits per heavy atom.